The minimum atomic E-state index is -0.860. The van der Waals surface area contributed by atoms with Crippen LogP contribution in [0.4, 0.5) is 0 Å². The van der Waals surface area contributed by atoms with Crippen LogP contribution in [-0.2, 0) is 14.3 Å². The molecule has 2 N–H and O–H groups in total. The first-order valence-electron chi connectivity index (χ1n) is 5.26. The molecular weight excluding hydrogens is 212 g/mol. The van der Waals surface area contributed by atoms with Crippen LogP contribution in [0.2, 0.25) is 0 Å². The molecule has 0 saturated heterocycles. The van der Waals surface area contributed by atoms with Gasteiger partial charge in [-0.05, 0) is 13.3 Å². The van der Waals surface area contributed by atoms with Gasteiger partial charge in [-0.1, -0.05) is 13.5 Å². The van der Waals surface area contributed by atoms with E-state index in [1.54, 1.807) is 0 Å². The van der Waals surface area contributed by atoms with E-state index in [2.05, 4.69) is 6.58 Å². The summed E-state index contributed by atoms with van der Waals surface area (Å²) < 4.78 is 10.2. The second kappa shape index (κ2) is 8.27. The van der Waals surface area contributed by atoms with Crippen LogP contribution in [0.25, 0.3) is 0 Å². The molecule has 0 aromatic heterocycles. The molecule has 0 aliphatic heterocycles. The van der Waals surface area contributed by atoms with Gasteiger partial charge in [-0.2, -0.15) is 0 Å². The number of rotatable bonds is 8. The first-order valence-corrected chi connectivity index (χ1v) is 5.26. The number of hydrogen-bond donors (Lipinski definition) is 2. The fourth-order valence-electron chi connectivity index (χ4n) is 1.02. The molecule has 0 unspecified atom stereocenters. The molecule has 0 aliphatic carbocycles. The highest BCUT2D eigenvalue weighted by Crippen LogP contribution is 2.07. The third-order valence-electron chi connectivity index (χ3n) is 1.92. The summed E-state index contributed by atoms with van der Waals surface area (Å²) in [4.78, 5) is 11.2. The van der Waals surface area contributed by atoms with Gasteiger partial charge in [-0.15, -0.1) is 0 Å². The number of carbonyl (C=O) groups excluding carboxylic acids is 1. The molecule has 0 amide bonds. The quantitative estimate of drug-likeness (QED) is 0.463. The summed E-state index contributed by atoms with van der Waals surface area (Å²) in [6, 6.07) is 0. The number of aliphatic hydroxyl groups excluding tert-OH is 2. The molecule has 0 rings (SSSR count). The van der Waals surface area contributed by atoms with E-state index in [1.165, 1.54) is 6.92 Å². The molecule has 0 aromatic rings. The Kier molecular flexibility index (Phi) is 7.80. The predicted octanol–water partition coefficient (Wildman–Crippen LogP) is 0.254. The molecule has 0 fully saturated rings. The Hall–Kier alpha value is -0.910. The fourth-order valence-corrected chi connectivity index (χ4v) is 1.02. The smallest absolute Gasteiger partial charge is 0.333 e. The van der Waals surface area contributed by atoms with E-state index in [-0.39, 0.29) is 12.2 Å². The van der Waals surface area contributed by atoms with E-state index in [1.807, 2.05) is 6.92 Å². The van der Waals surface area contributed by atoms with E-state index in [0.29, 0.717) is 6.61 Å². The lowest BCUT2D eigenvalue weighted by molar-refractivity contribution is -0.159. The third kappa shape index (κ3) is 5.25. The van der Waals surface area contributed by atoms with E-state index >= 15 is 0 Å². The van der Waals surface area contributed by atoms with E-state index < -0.39 is 24.8 Å². The minimum absolute atomic E-state index is 0.241. The van der Waals surface area contributed by atoms with Crippen molar-refractivity contribution < 1.29 is 24.5 Å². The van der Waals surface area contributed by atoms with Crippen molar-refractivity contribution in [3.8, 4) is 0 Å². The van der Waals surface area contributed by atoms with Crippen molar-refractivity contribution in [2.45, 2.75) is 32.5 Å². The molecule has 5 heteroatoms. The number of hydrogen-bond acceptors (Lipinski definition) is 5. The van der Waals surface area contributed by atoms with E-state index in [4.69, 9.17) is 19.7 Å². The molecule has 0 radical (unpaired) electrons. The van der Waals surface area contributed by atoms with Crippen LogP contribution in [0.5, 0.6) is 0 Å². The van der Waals surface area contributed by atoms with E-state index in [0.717, 1.165) is 6.42 Å². The Labute approximate surface area is 95.7 Å². The lowest BCUT2D eigenvalue weighted by Gasteiger charge is -2.24. The molecule has 0 aliphatic rings. The van der Waals surface area contributed by atoms with Gasteiger partial charge in [0, 0.05) is 12.2 Å². The Morgan fingerprint density at radius 3 is 2.25 bits per heavy atom. The standard InChI is InChI=1S/C11H20O5/c1-4-5-15-9(6-12)10(7-13)16-11(14)8(2)3/h9-10,12-13H,2,4-7H2,1,3H3/t9-,10+/m1/s1. The van der Waals surface area contributed by atoms with Crippen LogP contribution < -0.4 is 0 Å². The zero-order valence-electron chi connectivity index (χ0n) is 9.81. The SMILES string of the molecule is C=C(C)C(=O)O[C@@H](CO)[C@@H](CO)OCCC. The average molecular weight is 232 g/mol. The van der Waals surface area contributed by atoms with Gasteiger partial charge in [0.2, 0.25) is 0 Å². The molecule has 2 atom stereocenters. The van der Waals surface area contributed by atoms with Crippen LogP contribution >= 0.6 is 0 Å². The highest BCUT2D eigenvalue weighted by Gasteiger charge is 2.24. The molecule has 0 bridgehead atoms. The van der Waals surface area contributed by atoms with Crippen molar-refractivity contribution in [3.05, 3.63) is 12.2 Å². The lowest BCUT2D eigenvalue weighted by atomic mass is 10.2. The summed E-state index contributed by atoms with van der Waals surface area (Å²) >= 11 is 0. The highest BCUT2D eigenvalue weighted by atomic mass is 16.6. The van der Waals surface area contributed by atoms with Crippen LogP contribution in [-0.4, -0.2) is 48.2 Å². The molecular formula is C11H20O5. The number of carbonyl (C=O) groups is 1. The van der Waals surface area contributed by atoms with Gasteiger partial charge >= 0.3 is 5.97 Å². The Bertz CT molecular complexity index is 226. The zero-order valence-corrected chi connectivity index (χ0v) is 9.81. The summed E-state index contributed by atoms with van der Waals surface area (Å²) in [5.41, 5.74) is 0.241. The average Bonchev–Trinajstić information content (AvgIpc) is 2.27. The zero-order chi connectivity index (χ0) is 12.6. The Balaban J connectivity index is 4.31. The number of aliphatic hydroxyl groups is 2. The van der Waals surface area contributed by atoms with Crippen LogP contribution in [0.1, 0.15) is 20.3 Å². The molecule has 16 heavy (non-hydrogen) atoms. The van der Waals surface area contributed by atoms with Crippen LogP contribution in [0, 0.1) is 0 Å². The molecule has 0 spiro atoms. The summed E-state index contributed by atoms with van der Waals surface area (Å²) in [5.74, 6) is -0.599. The van der Waals surface area contributed by atoms with Gasteiger partial charge in [-0.25, -0.2) is 4.79 Å². The first kappa shape index (κ1) is 15.1. The molecule has 0 aromatic carbocycles. The van der Waals surface area contributed by atoms with Crippen molar-refractivity contribution in [1.29, 1.82) is 0 Å². The predicted molar refractivity (Wildman–Crippen MR) is 58.9 cm³/mol. The maximum atomic E-state index is 11.2. The second-order valence-electron chi connectivity index (χ2n) is 3.50. The number of ether oxygens (including phenoxy) is 2. The third-order valence-corrected chi connectivity index (χ3v) is 1.92. The minimum Gasteiger partial charge on any atom is -0.454 e. The Morgan fingerprint density at radius 2 is 1.88 bits per heavy atom. The normalized spacial score (nSPS) is 14.2. The second-order valence-corrected chi connectivity index (χ2v) is 3.50. The molecule has 0 heterocycles. The van der Waals surface area contributed by atoms with Crippen molar-refractivity contribution in [2.24, 2.45) is 0 Å². The van der Waals surface area contributed by atoms with Gasteiger partial charge < -0.3 is 19.7 Å². The van der Waals surface area contributed by atoms with Gasteiger partial charge in [-0.3, -0.25) is 0 Å². The molecule has 94 valence electrons. The van der Waals surface area contributed by atoms with Crippen LogP contribution in [0.3, 0.4) is 0 Å². The van der Waals surface area contributed by atoms with Crippen molar-refractivity contribution >= 4 is 5.97 Å². The topological polar surface area (TPSA) is 76.0 Å². The summed E-state index contributed by atoms with van der Waals surface area (Å²) in [5, 5.41) is 18.1. The van der Waals surface area contributed by atoms with Crippen molar-refractivity contribution in [3.63, 3.8) is 0 Å². The lowest BCUT2D eigenvalue weighted by Crippen LogP contribution is -2.39. The van der Waals surface area contributed by atoms with Gasteiger partial charge in [0.25, 0.3) is 0 Å². The highest BCUT2D eigenvalue weighted by molar-refractivity contribution is 5.87. The summed E-state index contributed by atoms with van der Waals surface area (Å²) in [6.07, 6.45) is -0.780. The van der Waals surface area contributed by atoms with Crippen molar-refractivity contribution in [1.82, 2.24) is 0 Å². The van der Waals surface area contributed by atoms with E-state index in [9.17, 15) is 4.79 Å². The van der Waals surface area contributed by atoms with Gasteiger partial charge in [0.1, 0.15) is 6.10 Å². The summed E-state index contributed by atoms with van der Waals surface area (Å²) in [6.45, 7) is 6.59. The van der Waals surface area contributed by atoms with Gasteiger partial charge in [0.05, 0.1) is 13.2 Å². The fraction of sp³-hybridized carbons (Fsp3) is 0.727. The molecule has 5 nitrogen and oxygen atoms in total. The first-order chi connectivity index (χ1) is 7.56. The molecule has 0 saturated carbocycles. The summed E-state index contributed by atoms with van der Waals surface area (Å²) in [7, 11) is 0. The van der Waals surface area contributed by atoms with Crippen LogP contribution in [0.15, 0.2) is 12.2 Å². The van der Waals surface area contributed by atoms with Gasteiger partial charge in [0.15, 0.2) is 6.10 Å². The maximum absolute atomic E-state index is 11.2. The van der Waals surface area contributed by atoms with Crippen molar-refractivity contribution in [2.75, 3.05) is 19.8 Å². The largest absolute Gasteiger partial charge is 0.454 e. The Morgan fingerprint density at radius 1 is 1.31 bits per heavy atom. The number of esters is 1. The monoisotopic (exact) mass is 232 g/mol. The maximum Gasteiger partial charge on any atom is 0.333 e.